The van der Waals surface area contributed by atoms with Crippen LogP contribution in [-0.4, -0.2) is 90.9 Å². The number of fused-ring (bicyclic) bond motifs is 1. The van der Waals surface area contributed by atoms with Crippen LogP contribution in [0, 0.1) is 0 Å². The Morgan fingerprint density at radius 1 is 1.11 bits per heavy atom. The molecule has 1 amide bonds. The zero-order valence-electron chi connectivity index (χ0n) is 25.1. The first kappa shape index (κ1) is 31.0. The number of anilines is 2. The van der Waals surface area contributed by atoms with E-state index in [9.17, 15) is 9.59 Å². The minimum Gasteiger partial charge on any atom is -0.497 e. The Balaban J connectivity index is 1.42. The highest BCUT2D eigenvalue weighted by atomic mass is 35.5. The number of amides is 1. The van der Waals surface area contributed by atoms with Crippen molar-refractivity contribution in [1.29, 1.82) is 0 Å². The standard InChI is InChI=1S/C32H35ClN6O5/c1-37(2)12-8-11-28(40)38-19-24(20-38)44-14-13-39-30-21(18-34-32(36-30)35-22-9-6-5-7-10-22)15-26(31(39)41)25-16-23(42-3)17-27(43-4)29(25)33/h5-11,15-18,24H,12-14,19-20H2,1-4H3,(H,34,35,36)/b11-8+. The van der Waals surface area contributed by atoms with E-state index in [1.54, 1.807) is 39.9 Å². The molecule has 0 unspecified atom stereocenters. The van der Waals surface area contributed by atoms with Gasteiger partial charge >= 0.3 is 0 Å². The molecule has 3 heterocycles. The first-order valence-electron chi connectivity index (χ1n) is 14.1. The maximum atomic E-state index is 14.1. The molecule has 0 radical (unpaired) electrons. The second-order valence-electron chi connectivity index (χ2n) is 10.6. The van der Waals surface area contributed by atoms with E-state index in [2.05, 4.69) is 10.3 Å². The number of ether oxygens (including phenoxy) is 3. The fourth-order valence-corrected chi connectivity index (χ4v) is 5.10. The Hall–Kier alpha value is -4.45. The molecule has 1 N–H and O–H groups in total. The smallest absolute Gasteiger partial charge is 0.260 e. The van der Waals surface area contributed by atoms with Gasteiger partial charge in [-0.3, -0.25) is 14.2 Å². The normalized spacial score (nSPS) is 13.5. The van der Waals surface area contributed by atoms with Gasteiger partial charge in [0.1, 0.15) is 17.1 Å². The lowest BCUT2D eigenvalue weighted by Gasteiger charge is -2.38. The molecule has 1 saturated heterocycles. The van der Waals surface area contributed by atoms with E-state index in [4.69, 9.17) is 30.8 Å². The Morgan fingerprint density at radius 3 is 2.59 bits per heavy atom. The second kappa shape index (κ2) is 13.9. The van der Waals surface area contributed by atoms with Gasteiger partial charge in [-0.05, 0) is 38.4 Å². The Kier molecular flexibility index (Phi) is 9.78. The number of methoxy groups -OCH3 is 2. The summed E-state index contributed by atoms with van der Waals surface area (Å²) in [6, 6.07) is 14.6. The van der Waals surface area contributed by atoms with Crippen LogP contribution in [0.4, 0.5) is 11.6 Å². The van der Waals surface area contributed by atoms with Gasteiger partial charge in [0.05, 0.1) is 38.5 Å². The van der Waals surface area contributed by atoms with Crippen LogP contribution < -0.4 is 20.3 Å². The van der Waals surface area contributed by atoms with Crippen molar-refractivity contribution in [1.82, 2.24) is 24.3 Å². The van der Waals surface area contributed by atoms with Crippen molar-refractivity contribution in [3.05, 3.63) is 82.3 Å². The predicted molar refractivity (Wildman–Crippen MR) is 171 cm³/mol. The van der Waals surface area contributed by atoms with Gasteiger partial charge in [0.15, 0.2) is 0 Å². The van der Waals surface area contributed by atoms with Gasteiger partial charge in [0.25, 0.3) is 5.56 Å². The highest BCUT2D eigenvalue weighted by Crippen LogP contribution is 2.38. The van der Waals surface area contributed by atoms with Gasteiger partial charge in [-0.25, -0.2) is 4.98 Å². The van der Waals surface area contributed by atoms with Crippen LogP contribution in [-0.2, 0) is 16.1 Å². The van der Waals surface area contributed by atoms with Gasteiger partial charge in [0.2, 0.25) is 11.9 Å². The van der Waals surface area contributed by atoms with E-state index >= 15 is 0 Å². The van der Waals surface area contributed by atoms with Crippen molar-refractivity contribution in [2.24, 2.45) is 0 Å². The molecule has 5 rings (SSSR count). The molecule has 1 fully saturated rings. The Morgan fingerprint density at radius 2 is 1.89 bits per heavy atom. The second-order valence-corrected chi connectivity index (χ2v) is 10.9. The van der Waals surface area contributed by atoms with Crippen molar-refractivity contribution in [3.63, 3.8) is 0 Å². The topological polar surface area (TPSA) is 111 Å². The van der Waals surface area contributed by atoms with E-state index in [0.717, 1.165) is 5.69 Å². The lowest BCUT2D eigenvalue weighted by molar-refractivity contribution is -0.139. The van der Waals surface area contributed by atoms with Crippen LogP contribution in [0.1, 0.15) is 0 Å². The first-order valence-corrected chi connectivity index (χ1v) is 14.5. The maximum Gasteiger partial charge on any atom is 0.260 e. The van der Waals surface area contributed by atoms with Crippen LogP contribution in [0.25, 0.3) is 22.2 Å². The van der Waals surface area contributed by atoms with Crippen molar-refractivity contribution in [2.75, 3.05) is 59.9 Å². The zero-order chi connectivity index (χ0) is 31.2. The van der Waals surface area contributed by atoms with Crippen LogP contribution in [0.2, 0.25) is 5.02 Å². The average Bonchev–Trinajstić information content (AvgIpc) is 2.99. The molecule has 0 saturated carbocycles. The number of halogens is 1. The number of carbonyl (C=O) groups excluding carboxylic acids is 1. The number of para-hydroxylation sites is 1. The zero-order valence-corrected chi connectivity index (χ0v) is 25.9. The summed E-state index contributed by atoms with van der Waals surface area (Å²) in [5, 5.41) is 4.11. The number of rotatable bonds is 12. The molecule has 44 heavy (non-hydrogen) atoms. The van der Waals surface area contributed by atoms with Gasteiger partial charge in [0, 0.05) is 60.2 Å². The summed E-state index contributed by atoms with van der Waals surface area (Å²) < 4.78 is 18.5. The van der Waals surface area contributed by atoms with Crippen molar-refractivity contribution < 1.29 is 19.0 Å². The van der Waals surface area contributed by atoms with Crippen LogP contribution >= 0.6 is 11.6 Å². The third-order valence-corrected chi connectivity index (χ3v) is 7.56. The minimum atomic E-state index is -0.306. The molecule has 0 spiro atoms. The minimum absolute atomic E-state index is 0.0395. The maximum absolute atomic E-state index is 14.1. The summed E-state index contributed by atoms with van der Waals surface area (Å²) in [6.07, 6.45) is 4.98. The molecule has 1 aliphatic heterocycles. The number of aromatic nitrogens is 3. The van der Waals surface area contributed by atoms with E-state index in [-0.39, 0.29) is 35.7 Å². The number of benzene rings is 2. The van der Waals surface area contributed by atoms with Crippen LogP contribution in [0.5, 0.6) is 11.5 Å². The lowest BCUT2D eigenvalue weighted by Crippen LogP contribution is -2.54. The molecule has 1 aliphatic rings. The molecule has 11 nitrogen and oxygen atoms in total. The van der Waals surface area contributed by atoms with Crippen molar-refractivity contribution in [3.8, 4) is 22.6 Å². The number of carbonyl (C=O) groups is 1. The third kappa shape index (κ3) is 7.02. The number of pyridine rings is 1. The van der Waals surface area contributed by atoms with E-state index in [0.29, 0.717) is 59.2 Å². The summed E-state index contributed by atoms with van der Waals surface area (Å²) in [7, 11) is 6.93. The molecule has 0 bridgehead atoms. The molecule has 230 valence electrons. The average molecular weight is 619 g/mol. The highest BCUT2D eigenvalue weighted by Gasteiger charge is 2.30. The summed E-state index contributed by atoms with van der Waals surface area (Å²) in [4.78, 5) is 39.3. The van der Waals surface area contributed by atoms with Gasteiger partial charge in [-0.1, -0.05) is 35.9 Å². The van der Waals surface area contributed by atoms with Crippen LogP contribution in [0.3, 0.4) is 0 Å². The Labute approximate surface area is 260 Å². The monoisotopic (exact) mass is 618 g/mol. The van der Waals surface area contributed by atoms with E-state index in [1.807, 2.05) is 55.4 Å². The molecule has 4 aromatic rings. The summed E-state index contributed by atoms with van der Waals surface area (Å²) in [5.41, 5.74) is 1.76. The number of nitrogens with zero attached hydrogens (tertiary/aromatic N) is 5. The predicted octanol–water partition coefficient (Wildman–Crippen LogP) is 4.22. The number of hydrogen-bond acceptors (Lipinski definition) is 9. The summed E-state index contributed by atoms with van der Waals surface area (Å²) >= 11 is 6.69. The van der Waals surface area contributed by atoms with Gasteiger partial charge in [-0.2, -0.15) is 4.98 Å². The molecule has 12 heteroatoms. The highest BCUT2D eigenvalue weighted by molar-refractivity contribution is 6.35. The number of nitrogens with one attached hydrogen (secondary N) is 1. The number of hydrogen-bond donors (Lipinski definition) is 1. The molecule has 2 aromatic carbocycles. The SMILES string of the molecule is COc1cc(OC)c(Cl)c(-c2cc3cnc(Nc4ccccc4)nc3n(CCOC3CN(C(=O)/C=C/CN(C)C)C3)c2=O)c1. The quantitative estimate of drug-likeness (QED) is 0.233. The van der Waals surface area contributed by atoms with Crippen molar-refractivity contribution >= 4 is 40.2 Å². The largest absolute Gasteiger partial charge is 0.497 e. The molecular weight excluding hydrogens is 584 g/mol. The van der Waals surface area contributed by atoms with E-state index in [1.165, 1.54) is 14.2 Å². The van der Waals surface area contributed by atoms with Gasteiger partial charge < -0.3 is 29.3 Å². The van der Waals surface area contributed by atoms with Gasteiger partial charge in [-0.15, -0.1) is 0 Å². The molecular formula is C32H35ClN6O5. The van der Waals surface area contributed by atoms with Crippen LogP contribution in [0.15, 0.2) is 71.7 Å². The molecule has 0 aliphatic carbocycles. The fourth-order valence-electron chi connectivity index (χ4n) is 4.81. The molecule has 0 atom stereocenters. The summed E-state index contributed by atoms with van der Waals surface area (Å²) in [6.45, 7) is 2.14. The molecule has 2 aromatic heterocycles. The fraction of sp³-hybridized carbons (Fsp3) is 0.312. The summed E-state index contributed by atoms with van der Waals surface area (Å²) in [5.74, 6) is 1.19. The number of likely N-dealkylation sites (tertiary alicyclic amines) is 1. The van der Waals surface area contributed by atoms with E-state index < -0.39 is 0 Å². The first-order chi connectivity index (χ1) is 21.3. The third-order valence-electron chi connectivity index (χ3n) is 7.17. The lowest BCUT2D eigenvalue weighted by atomic mass is 10.0. The number of likely N-dealkylation sites (N-methyl/N-ethyl adjacent to an activating group) is 1. The van der Waals surface area contributed by atoms with Crippen molar-refractivity contribution in [2.45, 2.75) is 12.6 Å². The Bertz CT molecular complexity index is 1720.